The summed E-state index contributed by atoms with van der Waals surface area (Å²) in [6.07, 6.45) is 6.52. The van der Waals surface area contributed by atoms with E-state index in [1.165, 1.54) is 33.4 Å². The molecular weight excluding hydrogens is 548 g/mol. The minimum Gasteiger partial charge on any atom is -0.258 e. The van der Waals surface area contributed by atoms with Crippen LogP contribution in [0, 0.1) is 40.5 Å². The standard InChI is InChI=1S/C28H18N6O8/c35-31(36)23-5-7-25(27(17-23)33(39)40)29-13-9-21(10-14-29)19-1-2-20(4-3-19)22-11-15-30(16-12-22)26-8-6-24(32(37)38)18-28(26)34(41)42/h1-18H/q+2. The Morgan fingerprint density at radius 2 is 0.714 bits per heavy atom. The zero-order valence-electron chi connectivity index (χ0n) is 21.3. The molecule has 2 heterocycles. The molecule has 0 fully saturated rings. The van der Waals surface area contributed by atoms with Crippen molar-refractivity contribution in [3.63, 3.8) is 0 Å². The Morgan fingerprint density at radius 1 is 0.405 bits per heavy atom. The van der Waals surface area contributed by atoms with Gasteiger partial charge in [-0.05, 0) is 22.3 Å². The first-order chi connectivity index (χ1) is 20.1. The molecule has 0 N–H and O–H groups in total. The van der Waals surface area contributed by atoms with E-state index >= 15 is 0 Å². The molecule has 0 aliphatic rings. The first-order valence-corrected chi connectivity index (χ1v) is 12.1. The summed E-state index contributed by atoms with van der Waals surface area (Å²) in [5.41, 5.74) is 2.26. The van der Waals surface area contributed by atoms with Crippen LogP contribution < -0.4 is 9.13 Å². The summed E-state index contributed by atoms with van der Waals surface area (Å²) < 4.78 is 3.02. The van der Waals surface area contributed by atoms with E-state index in [-0.39, 0.29) is 22.7 Å². The lowest BCUT2D eigenvalue weighted by molar-refractivity contribution is -0.601. The van der Waals surface area contributed by atoms with Gasteiger partial charge in [-0.25, -0.2) is 0 Å². The molecule has 5 aromatic rings. The Bertz CT molecular complexity index is 1740. The third kappa shape index (κ3) is 5.35. The lowest BCUT2D eigenvalue weighted by atomic mass is 10.0. The maximum atomic E-state index is 11.5. The molecule has 14 nitrogen and oxygen atoms in total. The van der Waals surface area contributed by atoms with Crippen molar-refractivity contribution >= 4 is 22.7 Å². The number of aromatic nitrogens is 2. The van der Waals surface area contributed by atoms with Crippen molar-refractivity contribution in [2.75, 3.05) is 0 Å². The van der Waals surface area contributed by atoms with E-state index in [9.17, 15) is 40.5 Å². The fourth-order valence-corrected chi connectivity index (χ4v) is 4.39. The summed E-state index contributed by atoms with van der Waals surface area (Å²) in [5.74, 6) is 0. The van der Waals surface area contributed by atoms with Crippen molar-refractivity contribution in [3.05, 3.63) is 150 Å². The van der Waals surface area contributed by atoms with E-state index in [0.29, 0.717) is 0 Å². The molecule has 0 saturated heterocycles. The molecule has 3 aromatic carbocycles. The second kappa shape index (κ2) is 11.0. The molecule has 0 bridgehead atoms. The maximum absolute atomic E-state index is 11.5. The van der Waals surface area contributed by atoms with Crippen LogP contribution in [0.5, 0.6) is 0 Å². The predicted molar refractivity (Wildman–Crippen MR) is 147 cm³/mol. The van der Waals surface area contributed by atoms with Gasteiger partial charge in [0.1, 0.15) is 12.1 Å². The van der Waals surface area contributed by atoms with E-state index < -0.39 is 31.1 Å². The van der Waals surface area contributed by atoms with Gasteiger partial charge in [-0.15, -0.1) is 0 Å². The number of benzene rings is 3. The van der Waals surface area contributed by atoms with Gasteiger partial charge in [-0.2, -0.15) is 9.13 Å². The van der Waals surface area contributed by atoms with Crippen molar-refractivity contribution in [1.29, 1.82) is 0 Å². The van der Waals surface area contributed by atoms with E-state index in [1.54, 1.807) is 49.1 Å². The molecule has 0 aliphatic heterocycles. The fourth-order valence-electron chi connectivity index (χ4n) is 4.39. The highest BCUT2D eigenvalue weighted by molar-refractivity contribution is 5.69. The van der Waals surface area contributed by atoms with Crippen LogP contribution in [0.25, 0.3) is 33.6 Å². The highest BCUT2D eigenvalue weighted by Gasteiger charge is 2.27. The Labute approximate surface area is 235 Å². The number of hydrogen-bond donors (Lipinski definition) is 0. The van der Waals surface area contributed by atoms with Gasteiger partial charge in [0, 0.05) is 48.5 Å². The molecule has 0 atom stereocenters. The highest BCUT2D eigenvalue weighted by atomic mass is 16.6. The third-order valence-corrected chi connectivity index (χ3v) is 6.50. The predicted octanol–water partition coefficient (Wildman–Crippen LogP) is 5.21. The molecule has 0 radical (unpaired) electrons. The van der Waals surface area contributed by atoms with Crippen molar-refractivity contribution in [3.8, 4) is 33.6 Å². The third-order valence-electron chi connectivity index (χ3n) is 6.50. The smallest absolute Gasteiger partial charge is 0.258 e. The molecular formula is C28H18N6O8+2. The van der Waals surface area contributed by atoms with Crippen LogP contribution in [0.1, 0.15) is 0 Å². The van der Waals surface area contributed by atoms with Crippen LogP contribution in [0.3, 0.4) is 0 Å². The minimum atomic E-state index is -0.688. The Balaban J connectivity index is 1.37. The van der Waals surface area contributed by atoms with Gasteiger partial charge < -0.3 is 0 Å². The van der Waals surface area contributed by atoms with Gasteiger partial charge in [0.25, 0.3) is 22.7 Å². The van der Waals surface area contributed by atoms with Gasteiger partial charge in [-0.1, -0.05) is 24.3 Å². The lowest BCUT2D eigenvalue weighted by Gasteiger charge is -2.05. The molecule has 206 valence electrons. The molecule has 0 aliphatic carbocycles. The van der Waals surface area contributed by atoms with Gasteiger partial charge in [0.15, 0.2) is 24.8 Å². The van der Waals surface area contributed by atoms with E-state index in [1.807, 2.05) is 24.3 Å². The molecule has 0 amide bonds. The monoisotopic (exact) mass is 566 g/mol. The minimum absolute atomic E-state index is 0.188. The Hall–Kier alpha value is -6.44. The van der Waals surface area contributed by atoms with Crippen LogP contribution in [0.2, 0.25) is 0 Å². The van der Waals surface area contributed by atoms with Crippen LogP contribution in [0.4, 0.5) is 22.7 Å². The summed E-state index contributed by atoms with van der Waals surface area (Å²) in [7, 11) is 0. The zero-order valence-corrected chi connectivity index (χ0v) is 21.3. The molecule has 0 spiro atoms. The zero-order chi connectivity index (χ0) is 30.0. The van der Waals surface area contributed by atoms with Crippen molar-refractivity contribution < 1.29 is 28.8 Å². The Morgan fingerprint density at radius 3 is 1.00 bits per heavy atom. The topological polar surface area (TPSA) is 180 Å². The number of rotatable bonds is 8. The molecule has 0 unspecified atom stereocenters. The van der Waals surface area contributed by atoms with Crippen molar-refractivity contribution in [2.45, 2.75) is 0 Å². The number of nitro groups is 4. The Kier molecular flexibility index (Phi) is 7.09. The summed E-state index contributed by atoms with van der Waals surface area (Å²) in [6, 6.07) is 21.6. The van der Waals surface area contributed by atoms with Crippen LogP contribution in [-0.2, 0) is 0 Å². The SMILES string of the molecule is O=[N+]([O-])c1ccc(-[n+]2ccc(-c3ccc(-c4cc[n+](-c5ccc([N+](=O)[O-])cc5[N+](=O)[O-])cc4)cc3)cc2)c([N+](=O)[O-])c1. The summed E-state index contributed by atoms with van der Waals surface area (Å²) in [4.78, 5) is 42.3. The average Bonchev–Trinajstić information content (AvgIpc) is 3.00. The fraction of sp³-hybridized carbons (Fsp3) is 0. The summed E-state index contributed by atoms with van der Waals surface area (Å²) >= 11 is 0. The van der Waals surface area contributed by atoms with Crippen LogP contribution >= 0.6 is 0 Å². The number of pyridine rings is 2. The van der Waals surface area contributed by atoms with Gasteiger partial charge in [0.2, 0.25) is 0 Å². The molecule has 0 saturated carbocycles. The number of hydrogen-bond acceptors (Lipinski definition) is 8. The molecule has 2 aromatic heterocycles. The van der Waals surface area contributed by atoms with E-state index in [2.05, 4.69) is 0 Å². The summed E-state index contributed by atoms with van der Waals surface area (Å²) in [5, 5.41) is 45.0. The molecule has 5 rings (SSSR count). The first kappa shape index (κ1) is 27.1. The molecule has 42 heavy (non-hydrogen) atoms. The van der Waals surface area contributed by atoms with Gasteiger partial charge >= 0.3 is 11.4 Å². The van der Waals surface area contributed by atoms with Crippen molar-refractivity contribution in [2.24, 2.45) is 0 Å². The number of non-ortho nitro benzene ring substituents is 2. The van der Waals surface area contributed by atoms with Crippen molar-refractivity contribution in [1.82, 2.24) is 0 Å². The quantitative estimate of drug-likeness (QED) is 0.139. The first-order valence-electron chi connectivity index (χ1n) is 12.1. The maximum Gasteiger partial charge on any atom is 0.347 e. The van der Waals surface area contributed by atoms with Crippen LogP contribution in [-0.4, -0.2) is 19.7 Å². The normalized spacial score (nSPS) is 10.7. The second-order valence-corrected chi connectivity index (χ2v) is 8.94. The highest BCUT2D eigenvalue weighted by Crippen LogP contribution is 2.28. The average molecular weight is 566 g/mol. The summed E-state index contributed by atoms with van der Waals surface area (Å²) in [6.45, 7) is 0. The van der Waals surface area contributed by atoms with Gasteiger partial charge in [0.05, 0.1) is 19.7 Å². The second-order valence-electron chi connectivity index (χ2n) is 8.94. The number of nitrogens with zero attached hydrogens (tertiary/aromatic N) is 6. The van der Waals surface area contributed by atoms with E-state index in [4.69, 9.17) is 0 Å². The molecule has 14 heteroatoms. The van der Waals surface area contributed by atoms with Crippen LogP contribution in [0.15, 0.2) is 110 Å². The largest absolute Gasteiger partial charge is 0.347 e. The number of nitro benzene ring substituents is 4. The van der Waals surface area contributed by atoms with E-state index in [0.717, 1.165) is 34.4 Å². The van der Waals surface area contributed by atoms with Gasteiger partial charge in [-0.3, -0.25) is 40.5 Å². The lowest BCUT2D eigenvalue weighted by Crippen LogP contribution is -2.30.